The third-order valence-corrected chi connectivity index (χ3v) is 6.89. The molecule has 0 unspecified atom stereocenters. The Morgan fingerprint density at radius 2 is 1.52 bits per heavy atom. The second-order valence-electron chi connectivity index (χ2n) is 8.85. The van der Waals surface area contributed by atoms with E-state index in [2.05, 4.69) is 0 Å². The Balaban J connectivity index is 1.40. The fourth-order valence-corrected chi connectivity index (χ4v) is 4.94. The van der Waals surface area contributed by atoms with Crippen LogP contribution < -0.4 is 0 Å². The highest BCUT2D eigenvalue weighted by molar-refractivity contribution is 5.98. The number of carbonyl (C=O) groups is 3. The average molecular weight is 428 g/mol. The topological polar surface area (TPSA) is 79.4 Å². The highest BCUT2D eigenvalue weighted by Gasteiger charge is 2.55. The van der Waals surface area contributed by atoms with Gasteiger partial charge in [0.25, 0.3) is 5.91 Å². The molecule has 1 spiro atoms. The molecule has 3 saturated heterocycles. The van der Waals surface area contributed by atoms with E-state index >= 15 is 0 Å². The Labute approximate surface area is 182 Å². The number of piperidine rings is 1. The molecule has 0 radical (unpaired) electrons. The number of ether oxygens (including phenoxy) is 2. The third-order valence-electron chi connectivity index (χ3n) is 6.89. The maximum Gasteiger partial charge on any atom is 0.256 e. The standard InChI is InChI=1S/C23H29N3O5/c27-20(18-6-7-18)24-10-8-23(9-11-24)26(21(28)17-4-2-1-3-5-17)19(16-31-23)22(29)25-12-14-30-15-13-25/h1-5,18-19H,6-16H2/t19-/m1/s1. The van der Waals surface area contributed by atoms with Gasteiger partial charge in [-0.25, -0.2) is 0 Å². The maximum absolute atomic E-state index is 13.6. The number of morpholine rings is 1. The summed E-state index contributed by atoms with van der Waals surface area (Å²) in [5.74, 6) is 0.124. The van der Waals surface area contributed by atoms with Crippen LogP contribution in [0.5, 0.6) is 0 Å². The monoisotopic (exact) mass is 427 g/mol. The van der Waals surface area contributed by atoms with Crippen LogP contribution in [0.15, 0.2) is 30.3 Å². The molecule has 3 amide bonds. The number of carbonyl (C=O) groups excluding carboxylic acids is 3. The van der Waals surface area contributed by atoms with E-state index in [0.29, 0.717) is 57.8 Å². The van der Waals surface area contributed by atoms with Crippen LogP contribution in [0.2, 0.25) is 0 Å². The molecule has 1 atom stereocenters. The van der Waals surface area contributed by atoms with Gasteiger partial charge >= 0.3 is 0 Å². The van der Waals surface area contributed by atoms with Crippen molar-refractivity contribution in [1.82, 2.24) is 14.7 Å². The van der Waals surface area contributed by atoms with E-state index in [9.17, 15) is 14.4 Å². The van der Waals surface area contributed by atoms with Crippen LogP contribution in [0, 0.1) is 5.92 Å². The van der Waals surface area contributed by atoms with Gasteiger partial charge in [0.15, 0.2) is 0 Å². The Morgan fingerprint density at radius 3 is 2.16 bits per heavy atom. The molecular weight excluding hydrogens is 398 g/mol. The van der Waals surface area contributed by atoms with Crippen molar-refractivity contribution in [3.8, 4) is 0 Å². The number of rotatable bonds is 3. The van der Waals surface area contributed by atoms with Crippen LogP contribution in [-0.4, -0.2) is 90.2 Å². The Bertz CT molecular complexity index is 842. The van der Waals surface area contributed by atoms with Gasteiger partial charge in [0.1, 0.15) is 11.8 Å². The van der Waals surface area contributed by atoms with Gasteiger partial charge in [-0.3, -0.25) is 19.3 Å². The van der Waals surface area contributed by atoms with Crippen molar-refractivity contribution in [3.63, 3.8) is 0 Å². The van der Waals surface area contributed by atoms with Crippen molar-refractivity contribution < 1.29 is 23.9 Å². The molecule has 31 heavy (non-hydrogen) atoms. The summed E-state index contributed by atoms with van der Waals surface area (Å²) in [4.78, 5) is 44.9. The predicted octanol–water partition coefficient (Wildman–Crippen LogP) is 1.12. The lowest BCUT2D eigenvalue weighted by atomic mass is 9.96. The first-order valence-electron chi connectivity index (χ1n) is 11.3. The van der Waals surface area contributed by atoms with E-state index < -0.39 is 11.8 Å². The normalized spacial score (nSPS) is 25.7. The summed E-state index contributed by atoms with van der Waals surface area (Å²) in [5, 5.41) is 0. The van der Waals surface area contributed by atoms with Crippen LogP contribution in [-0.2, 0) is 19.1 Å². The summed E-state index contributed by atoms with van der Waals surface area (Å²) >= 11 is 0. The highest BCUT2D eigenvalue weighted by atomic mass is 16.5. The summed E-state index contributed by atoms with van der Waals surface area (Å²) in [5.41, 5.74) is -0.302. The minimum Gasteiger partial charge on any atom is -0.378 e. The van der Waals surface area contributed by atoms with Crippen LogP contribution in [0.1, 0.15) is 36.0 Å². The van der Waals surface area contributed by atoms with E-state index in [-0.39, 0.29) is 30.2 Å². The van der Waals surface area contributed by atoms with Gasteiger partial charge in [-0.1, -0.05) is 18.2 Å². The summed E-state index contributed by atoms with van der Waals surface area (Å²) in [6.07, 6.45) is 3.01. The number of hydrogen-bond acceptors (Lipinski definition) is 5. The fourth-order valence-electron chi connectivity index (χ4n) is 4.94. The van der Waals surface area contributed by atoms with E-state index in [1.807, 2.05) is 23.1 Å². The fraction of sp³-hybridized carbons (Fsp3) is 0.609. The predicted molar refractivity (Wildman–Crippen MR) is 111 cm³/mol. The first-order valence-corrected chi connectivity index (χ1v) is 11.3. The first-order chi connectivity index (χ1) is 15.1. The molecule has 4 fully saturated rings. The van der Waals surface area contributed by atoms with E-state index in [4.69, 9.17) is 9.47 Å². The second kappa shape index (κ2) is 8.24. The van der Waals surface area contributed by atoms with Gasteiger partial charge in [-0.2, -0.15) is 0 Å². The molecule has 8 nitrogen and oxygen atoms in total. The summed E-state index contributed by atoms with van der Waals surface area (Å²) < 4.78 is 11.6. The summed E-state index contributed by atoms with van der Waals surface area (Å²) in [7, 11) is 0. The molecule has 1 aliphatic carbocycles. The molecule has 166 valence electrons. The zero-order chi connectivity index (χ0) is 21.4. The second-order valence-corrected chi connectivity index (χ2v) is 8.85. The van der Waals surface area contributed by atoms with Crippen molar-refractivity contribution in [1.29, 1.82) is 0 Å². The molecule has 8 heteroatoms. The smallest absolute Gasteiger partial charge is 0.256 e. The first kappa shape index (κ1) is 20.5. The number of hydrogen-bond donors (Lipinski definition) is 0. The van der Waals surface area contributed by atoms with Crippen LogP contribution >= 0.6 is 0 Å². The molecule has 0 N–H and O–H groups in total. The Kier molecular flexibility index (Phi) is 5.44. The summed E-state index contributed by atoms with van der Waals surface area (Å²) in [6.45, 7) is 3.35. The lowest BCUT2D eigenvalue weighted by molar-refractivity contribution is -0.147. The third kappa shape index (κ3) is 3.83. The SMILES string of the molecule is O=C(C1CC1)N1CCC2(CC1)OC[C@H](C(=O)N1CCOCC1)N2C(=O)c1ccccc1. The van der Waals surface area contributed by atoms with Crippen LogP contribution in [0.25, 0.3) is 0 Å². The average Bonchev–Trinajstić information content (AvgIpc) is 3.62. The lowest BCUT2D eigenvalue weighted by Crippen LogP contribution is -2.60. The van der Waals surface area contributed by atoms with Crippen LogP contribution in [0.3, 0.4) is 0 Å². The van der Waals surface area contributed by atoms with Crippen molar-refractivity contribution in [2.24, 2.45) is 5.92 Å². The molecule has 5 rings (SSSR count). The Morgan fingerprint density at radius 1 is 0.871 bits per heavy atom. The van der Waals surface area contributed by atoms with Crippen molar-refractivity contribution in [2.75, 3.05) is 46.0 Å². The van der Waals surface area contributed by atoms with E-state index in [0.717, 1.165) is 12.8 Å². The molecule has 3 heterocycles. The molecule has 3 aliphatic heterocycles. The number of amides is 3. The van der Waals surface area contributed by atoms with Crippen LogP contribution in [0.4, 0.5) is 0 Å². The molecule has 1 saturated carbocycles. The number of likely N-dealkylation sites (tertiary alicyclic amines) is 1. The minimum absolute atomic E-state index is 0.0825. The van der Waals surface area contributed by atoms with E-state index in [1.54, 1.807) is 21.9 Å². The molecule has 1 aromatic carbocycles. The minimum atomic E-state index is -0.847. The number of nitrogens with zero attached hydrogens (tertiary/aromatic N) is 3. The van der Waals surface area contributed by atoms with Gasteiger partial charge in [-0.15, -0.1) is 0 Å². The molecular formula is C23H29N3O5. The maximum atomic E-state index is 13.6. The molecule has 0 bridgehead atoms. The van der Waals surface area contributed by atoms with Gasteiger partial charge in [0, 0.05) is 50.5 Å². The molecule has 1 aromatic rings. The highest BCUT2D eigenvalue weighted by Crippen LogP contribution is 2.40. The largest absolute Gasteiger partial charge is 0.378 e. The van der Waals surface area contributed by atoms with Crippen molar-refractivity contribution in [2.45, 2.75) is 37.5 Å². The number of benzene rings is 1. The quantitative estimate of drug-likeness (QED) is 0.722. The van der Waals surface area contributed by atoms with Gasteiger partial charge in [-0.05, 0) is 25.0 Å². The van der Waals surface area contributed by atoms with Crippen molar-refractivity contribution >= 4 is 17.7 Å². The van der Waals surface area contributed by atoms with Gasteiger partial charge in [0.05, 0.1) is 19.8 Å². The summed E-state index contributed by atoms with van der Waals surface area (Å²) in [6, 6.07) is 8.41. The van der Waals surface area contributed by atoms with Gasteiger partial charge < -0.3 is 19.3 Å². The lowest BCUT2D eigenvalue weighted by Gasteiger charge is -2.45. The zero-order valence-electron chi connectivity index (χ0n) is 17.7. The molecule has 4 aliphatic rings. The molecule has 0 aromatic heterocycles. The Hall–Kier alpha value is -2.45. The van der Waals surface area contributed by atoms with Gasteiger partial charge in [0.2, 0.25) is 11.8 Å². The van der Waals surface area contributed by atoms with Crippen molar-refractivity contribution in [3.05, 3.63) is 35.9 Å². The van der Waals surface area contributed by atoms with E-state index in [1.165, 1.54) is 0 Å². The zero-order valence-corrected chi connectivity index (χ0v) is 17.7.